The maximum atomic E-state index is 12.6. The van der Waals surface area contributed by atoms with Crippen molar-refractivity contribution >= 4 is 23.2 Å². The normalized spacial score (nSPS) is 14.1. The van der Waals surface area contributed by atoms with Crippen LogP contribution in [0.4, 0.5) is 24.5 Å². The number of amides is 2. The molecular weight excluding hydrogens is 357 g/mol. The zero-order valence-corrected chi connectivity index (χ0v) is 14.8. The number of alkyl halides is 3. The minimum Gasteiger partial charge on any atom is -0.322 e. The first-order valence-corrected chi connectivity index (χ1v) is 8.71. The van der Waals surface area contributed by atoms with Crippen LogP contribution in [-0.2, 0) is 17.4 Å². The molecule has 0 aromatic heterocycles. The Morgan fingerprint density at radius 1 is 1.11 bits per heavy atom. The van der Waals surface area contributed by atoms with Gasteiger partial charge in [0.15, 0.2) is 0 Å². The summed E-state index contributed by atoms with van der Waals surface area (Å²) in [4.78, 5) is 26.1. The summed E-state index contributed by atoms with van der Waals surface area (Å²) in [6.45, 7) is 2.64. The molecule has 0 fully saturated rings. The van der Waals surface area contributed by atoms with Crippen molar-refractivity contribution in [3.8, 4) is 0 Å². The minimum atomic E-state index is -4.44. The molecule has 0 aliphatic carbocycles. The Hall–Kier alpha value is -2.83. The third kappa shape index (κ3) is 4.13. The molecule has 1 aliphatic heterocycles. The van der Waals surface area contributed by atoms with Crippen molar-refractivity contribution in [2.75, 3.05) is 16.8 Å². The van der Waals surface area contributed by atoms with E-state index in [0.29, 0.717) is 25.1 Å². The summed E-state index contributed by atoms with van der Waals surface area (Å²) in [5.74, 6) is -0.396. The lowest BCUT2D eigenvalue weighted by molar-refractivity contribution is -0.137. The SMILES string of the molecule is CCCN1C(=O)CCc2cc(NC(=O)c3ccc(C(F)(F)F)cc3)ccc21. The summed E-state index contributed by atoms with van der Waals surface area (Å²) in [6, 6.07) is 9.38. The molecule has 1 N–H and O–H groups in total. The highest BCUT2D eigenvalue weighted by Crippen LogP contribution is 2.31. The van der Waals surface area contributed by atoms with E-state index in [1.54, 1.807) is 17.0 Å². The first kappa shape index (κ1) is 18.9. The number of rotatable bonds is 4. The summed E-state index contributed by atoms with van der Waals surface area (Å²) in [5, 5.41) is 2.70. The van der Waals surface area contributed by atoms with Crippen LogP contribution in [-0.4, -0.2) is 18.4 Å². The van der Waals surface area contributed by atoms with E-state index >= 15 is 0 Å². The van der Waals surface area contributed by atoms with Gasteiger partial charge in [-0.05, 0) is 60.9 Å². The van der Waals surface area contributed by atoms with E-state index in [9.17, 15) is 22.8 Å². The molecule has 0 bridgehead atoms. The predicted octanol–water partition coefficient (Wildman–Crippen LogP) is 4.65. The Bertz CT molecular complexity index is 861. The molecule has 142 valence electrons. The number of fused-ring (bicyclic) bond motifs is 1. The highest BCUT2D eigenvalue weighted by molar-refractivity contribution is 6.04. The molecule has 0 radical (unpaired) electrons. The van der Waals surface area contributed by atoms with Crippen LogP contribution in [0.3, 0.4) is 0 Å². The van der Waals surface area contributed by atoms with Gasteiger partial charge in [-0.15, -0.1) is 0 Å². The van der Waals surface area contributed by atoms with Crippen LogP contribution in [0, 0.1) is 0 Å². The van der Waals surface area contributed by atoms with Gasteiger partial charge in [0.05, 0.1) is 5.56 Å². The molecule has 0 spiro atoms. The number of halogens is 3. The summed E-state index contributed by atoms with van der Waals surface area (Å²) >= 11 is 0. The summed E-state index contributed by atoms with van der Waals surface area (Å²) in [7, 11) is 0. The smallest absolute Gasteiger partial charge is 0.322 e. The van der Waals surface area contributed by atoms with Crippen molar-refractivity contribution in [1.82, 2.24) is 0 Å². The van der Waals surface area contributed by atoms with E-state index in [2.05, 4.69) is 5.32 Å². The van der Waals surface area contributed by atoms with Gasteiger partial charge in [-0.2, -0.15) is 13.2 Å². The Morgan fingerprint density at radius 2 is 1.81 bits per heavy atom. The molecule has 3 rings (SSSR count). The van der Waals surface area contributed by atoms with Crippen LogP contribution < -0.4 is 10.2 Å². The van der Waals surface area contributed by atoms with E-state index in [1.807, 2.05) is 13.0 Å². The fourth-order valence-electron chi connectivity index (χ4n) is 3.12. The number of nitrogens with one attached hydrogen (secondary N) is 1. The number of carbonyl (C=O) groups is 2. The van der Waals surface area contributed by atoms with E-state index < -0.39 is 17.6 Å². The van der Waals surface area contributed by atoms with E-state index in [1.165, 1.54) is 0 Å². The van der Waals surface area contributed by atoms with Gasteiger partial charge < -0.3 is 10.2 Å². The zero-order chi connectivity index (χ0) is 19.6. The second-order valence-electron chi connectivity index (χ2n) is 6.42. The molecular formula is C20H19F3N2O2. The van der Waals surface area contributed by atoms with Gasteiger partial charge in [0.25, 0.3) is 5.91 Å². The lowest BCUT2D eigenvalue weighted by atomic mass is 10.00. The van der Waals surface area contributed by atoms with Crippen LogP contribution in [0.25, 0.3) is 0 Å². The minimum absolute atomic E-state index is 0.0888. The monoisotopic (exact) mass is 376 g/mol. The van der Waals surface area contributed by atoms with Crippen LogP contribution >= 0.6 is 0 Å². The van der Waals surface area contributed by atoms with Crippen LogP contribution in [0.1, 0.15) is 41.3 Å². The highest BCUT2D eigenvalue weighted by Gasteiger charge is 2.30. The Balaban J connectivity index is 1.76. The van der Waals surface area contributed by atoms with E-state index in [-0.39, 0.29) is 11.5 Å². The lowest BCUT2D eigenvalue weighted by Crippen LogP contribution is -2.35. The molecule has 0 saturated carbocycles. The number of benzene rings is 2. The van der Waals surface area contributed by atoms with Crippen molar-refractivity contribution in [3.63, 3.8) is 0 Å². The second-order valence-corrected chi connectivity index (χ2v) is 6.42. The van der Waals surface area contributed by atoms with Crippen molar-refractivity contribution in [2.45, 2.75) is 32.4 Å². The Labute approximate surface area is 155 Å². The molecule has 1 aliphatic rings. The number of carbonyl (C=O) groups excluding carboxylic acids is 2. The quantitative estimate of drug-likeness (QED) is 0.845. The van der Waals surface area contributed by atoms with E-state index in [4.69, 9.17) is 0 Å². The first-order chi connectivity index (χ1) is 12.8. The topological polar surface area (TPSA) is 49.4 Å². The van der Waals surface area contributed by atoms with Crippen LogP contribution in [0.5, 0.6) is 0 Å². The third-order valence-corrected chi connectivity index (χ3v) is 4.46. The molecule has 2 aromatic carbocycles. The molecule has 0 unspecified atom stereocenters. The fraction of sp³-hybridized carbons (Fsp3) is 0.300. The number of hydrogen-bond acceptors (Lipinski definition) is 2. The fourth-order valence-corrected chi connectivity index (χ4v) is 3.12. The number of hydrogen-bond donors (Lipinski definition) is 1. The predicted molar refractivity (Wildman–Crippen MR) is 96.8 cm³/mol. The Kier molecular flexibility index (Phi) is 5.21. The van der Waals surface area contributed by atoms with Crippen LogP contribution in [0.15, 0.2) is 42.5 Å². The number of aryl methyl sites for hydroxylation is 1. The average molecular weight is 376 g/mol. The van der Waals surface area contributed by atoms with E-state index in [0.717, 1.165) is 41.9 Å². The molecule has 2 aromatic rings. The van der Waals surface area contributed by atoms with Gasteiger partial charge in [0.1, 0.15) is 0 Å². The van der Waals surface area contributed by atoms with Gasteiger partial charge >= 0.3 is 6.18 Å². The third-order valence-electron chi connectivity index (χ3n) is 4.46. The van der Waals surface area contributed by atoms with Crippen molar-refractivity contribution in [1.29, 1.82) is 0 Å². The number of anilines is 2. The average Bonchev–Trinajstić information content (AvgIpc) is 2.63. The molecule has 4 nitrogen and oxygen atoms in total. The lowest BCUT2D eigenvalue weighted by Gasteiger charge is -2.29. The highest BCUT2D eigenvalue weighted by atomic mass is 19.4. The summed E-state index contributed by atoms with van der Waals surface area (Å²) < 4.78 is 37.8. The van der Waals surface area contributed by atoms with Gasteiger partial charge in [0, 0.05) is 29.9 Å². The van der Waals surface area contributed by atoms with Crippen molar-refractivity contribution in [2.24, 2.45) is 0 Å². The molecule has 0 atom stereocenters. The molecule has 0 saturated heterocycles. The zero-order valence-electron chi connectivity index (χ0n) is 14.8. The summed E-state index contributed by atoms with van der Waals surface area (Å²) in [5.41, 5.74) is 1.70. The molecule has 2 amide bonds. The Morgan fingerprint density at radius 3 is 2.44 bits per heavy atom. The summed E-state index contributed by atoms with van der Waals surface area (Å²) in [6.07, 6.45) is -2.57. The van der Waals surface area contributed by atoms with Gasteiger partial charge in [-0.1, -0.05) is 6.92 Å². The second kappa shape index (κ2) is 7.42. The molecule has 7 heteroatoms. The van der Waals surface area contributed by atoms with Crippen molar-refractivity contribution in [3.05, 3.63) is 59.2 Å². The first-order valence-electron chi connectivity index (χ1n) is 8.71. The molecule has 1 heterocycles. The maximum Gasteiger partial charge on any atom is 0.416 e. The molecule has 27 heavy (non-hydrogen) atoms. The number of nitrogens with zero attached hydrogens (tertiary/aromatic N) is 1. The standard InChI is InChI=1S/C20H19F3N2O2/c1-2-11-25-17-9-8-16(12-14(17)5-10-18(25)26)24-19(27)13-3-6-15(7-4-13)20(21,22)23/h3-4,6-9,12H,2,5,10-11H2,1H3,(H,24,27). The largest absolute Gasteiger partial charge is 0.416 e. The van der Waals surface area contributed by atoms with Crippen molar-refractivity contribution < 1.29 is 22.8 Å². The van der Waals surface area contributed by atoms with Gasteiger partial charge in [-0.3, -0.25) is 9.59 Å². The maximum absolute atomic E-state index is 12.6. The van der Waals surface area contributed by atoms with Gasteiger partial charge in [-0.25, -0.2) is 0 Å². The van der Waals surface area contributed by atoms with Crippen LogP contribution in [0.2, 0.25) is 0 Å². The van der Waals surface area contributed by atoms with Gasteiger partial charge in [0.2, 0.25) is 5.91 Å².